The van der Waals surface area contributed by atoms with E-state index in [0.29, 0.717) is 12.0 Å². The standard InChI is InChI=1S/C24H30N2O/c1-3-23-22(16-20-9-5-6-15-26(20)23)18-10-12-21(13-11-18)27-24(4-2)19-8-7-14-25-17-19/h5-6,9-13,15-16,19,24-25H,3-4,7-8,14,17H2,1-2H3. The number of fused-ring (bicyclic) bond motifs is 1. The van der Waals surface area contributed by atoms with Gasteiger partial charge >= 0.3 is 0 Å². The zero-order chi connectivity index (χ0) is 18.6. The van der Waals surface area contributed by atoms with Gasteiger partial charge in [-0.1, -0.05) is 32.0 Å². The third kappa shape index (κ3) is 3.74. The number of pyridine rings is 1. The number of aryl methyl sites for hydroxylation is 1. The van der Waals surface area contributed by atoms with E-state index in [1.54, 1.807) is 0 Å². The van der Waals surface area contributed by atoms with Crippen LogP contribution in [-0.4, -0.2) is 23.6 Å². The van der Waals surface area contributed by atoms with Gasteiger partial charge in [-0.15, -0.1) is 0 Å². The van der Waals surface area contributed by atoms with Gasteiger partial charge in [0.15, 0.2) is 0 Å². The molecule has 1 aliphatic rings. The van der Waals surface area contributed by atoms with Crippen molar-refractivity contribution in [1.82, 2.24) is 9.72 Å². The summed E-state index contributed by atoms with van der Waals surface area (Å²) in [6, 6.07) is 17.3. The number of hydrogen-bond donors (Lipinski definition) is 1. The zero-order valence-corrected chi connectivity index (χ0v) is 16.4. The summed E-state index contributed by atoms with van der Waals surface area (Å²) < 4.78 is 8.66. The van der Waals surface area contributed by atoms with Gasteiger partial charge in [0.1, 0.15) is 11.9 Å². The van der Waals surface area contributed by atoms with Gasteiger partial charge in [-0.05, 0) is 68.1 Å². The van der Waals surface area contributed by atoms with Crippen molar-refractivity contribution in [2.45, 2.75) is 45.6 Å². The molecule has 0 radical (unpaired) electrons. The van der Waals surface area contributed by atoms with Gasteiger partial charge in [0.2, 0.25) is 0 Å². The number of benzene rings is 1. The molecule has 0 saturated carbocycles. The van der Waals surface area contributed by atoms with E-state index in [1.165, 1.54) is 35.2 Å². The van der Waals surface area contributed by atoms with Crippen LogP contribution in [0.2, 0.25) is 0 Å². The number of nitrogens with zero attached hydrogens (tertiary/aromatic N) is 1. The highest BCUT2D eigenvalue weighted by atomic mass is 16.5. The SMILES string of the molecule is CCc1c(-c2ccc(OC(CC)C3CCCNC3)cc2)cc2ccccn12. The van der Waals surface area contributed by atoms with Crippen LogP contribution >= 0.6 is 0 Å². The predicted octanol–water partition coefficient (Wildman–Crippen LogP) is 5.33. The molecule has 4 rings (SSSR count). The van der Waals surface area contributed by atoms with Gasteiger partial charge in [-0.2, -0.15) is 0 Å². The lowest BCUT2D eigenvalue weighted by molar-refractivity contribution is 0.111. The van der Waals surface area contributed by atoms with Crippen LogP contribution < -0.4 is 10.1 Å². The first-order chi connectivity index (χ1) is 13.3. The average molecular weight is 363 g/mol. The Balaban J connectivity index is 1.55. The average Bonchev–Trinajstić information content (AvgIpc) is 3.11. The van der Waals surface area contributed by atoms with Crippen LogP contribution in [0.1, 0.15) is 38.8 Å². The molecule has 3 heteroatoms. The second kappa shape index (κ2) is 8.18. The molecular weight excluding hydrogens is 332 g/mol. The summed E-state index contributed by atoms with van der Waals surface area (Å²) in [6.45, 7) is 6.68. The molecule has 2 unspecified atom stereocenters. The number of aromatic nitrogens is 1. The summed E-state index contributed by atoms with van der Waals surface area (Å²) in [5, 5.41) is 3.51. The van der Waals surface area contributed by atoms with Gasteiger partial charge < -0.3 is 14.5 Å². The van der Waals surface area contributed by atoms with E-state index in [0.717, 1.165) is 31.7 Å². The smallest absolute Gasteiger partial charge is 0.119 e. The Morgan fingerprint density at radius 2 is 2.00 bits per heavy atom. The fourth-order valence-electron chi connectivity index (χ4n) is 4.39. The van der Waals surface area contributed by atoms with E-state index in [1.807, 2.05) is 0 Å². The molecule has 0 spiro atoms. The maximum absolute atomic E-state index is 6.36. The molecule has 1 aromatic carbocycles. The summed E-state index contributed by atoms with van der Waals surface area (Å²) >= 11 is 0. The van der Waals surface area contributed by atoms with E-state index in [-0.39, 0.29) is 0 Å². The summed E-state index contributed by atoms with van der Waals surface area (Å²) in [5.74, 6) is 1.60. The van der Waals surface area contributed by atoms with E-state index < -0.39 is 0 Å². The number of nitrogens with one attached hydrogen (secondary N) is 1. The molecule has 3 nitrogen and oxygen atoms in total. The second-order valence-electron chi connectivity index (χ2n) is 7.55. The van der Waals surface area contributed by atoms with Crippen LogP contribution in [0.5, 0.6) is 5.75 Å². The van der Waals surface area contributed by atoms with E-state index in [9.17, 15) is 0 Å². The first-order valence-corrected chi connectivity index (χ1v) is 10.4. The maximum atomic E-state index is 6.36. The Labute approximate surface area is 162 Å². The minimum atomic E-state index is 0.298. The van der Waals surface area contributed by atoms with Crippen LogP contribution in [-0.2, 0) is 6.42 Å². The van der Waals surface area contributed by atoms with Gasteiger partial charge in [0, 0.05) is 35.4 Å². The molecule has 1 saturated heterocycles. The van der Waals surface area contributed by atoms with Crippen molar-refractivity contribution in [3.8, 4) is 16.9 Å². The fraction of sp³-hybridized carbons (Fsp3) is 0.417. The van der Waals surface area contributed by atoms with Crippen LogP contribution in [0.15, 0.2) is 54.7 Å². The number of piperidine rings is 1. The first-order valence-electron chi connectivity index (χ1n) is 10.4. The highest BCUT2D eigenvalue weighted by Crippen LogP contribution is 2.30. The van der Waals surface area contributed by atoms with Crippen LogP contribution in [0, 0.1) is 5.92 Å². The lowest BCUT2D eigenvalue weighted by Gasteiger charge is -2.30. The summed E-state index contributed by atoms with van der Waals surface area (Å²) in [5.41, 5.74) is 5.19. The fourth-order valence-corrected chi connectivity index (χ4v) is 4.39. The molecule has 2 aromatic heterocycles. The predicted molar refractivity (Wildman–Crippen MR) is 113 cm³/mol. The monoisotopic (exact) mass is 362 g/mol. The van der Waals surface area contributed by atoms with Crippen LogP contribution in [0.25, 0.3) is 16.6 Å². The molecule has 0 amide bonds. The van der Waals surface area contributed by atoms with Crippen LogP contribution in [0.3, 0.4) is 0 Å². The molecule has 3 heterocycles. The Morgan fingerprint density at radius 1 is 1.15 bits per heavy atom. The lowest BCUT2D eigenvalue weighted by Crippen LogP contribution is -2.39. The molecule has 27 heavy (non-hydrogen) atoms. The molecule has 0 bridgehead atoms. The van der Waals surface area contributed by atoms with Crippen molar-refractivity contribution in [1.29, 1.82) is 0 Å². The van der Waals surface area contributed by atoms with Crippen LogP contribution in [0.4, 0.5) is 0 Å². The Kier molecular flexibility index (Phi) is 5.49. The van der Waals surface area contributed by atoms with E-state index in [2.05, 4.69) is 78.3 Å². The zero-order valence-electron chi connectivity index (χ0n) is 16.4. The third-order valence-corrected chi connectivity index (χ3v) is 5.84. The lowest BCUT2D eigenvalue weighted by atomic mass is 9.92. The number of rotatable bonds is 6. The molecule has 1 N–H and O–H groups in total. The summed E-state index contributed by atoms with van der Waals surface area (Å²) in [4.78, 5) is 0. The van der Waals surface area contributed by atoms with Gasteiger partial charge in [0.25, 0.3) is 0 Å². The van der Waals surface area contributed by atoms with Crippen molar-refractivity contribution in [3.63, 3.8) is 0 Å². The largest absolute Gasteiger partial charge is 0.490 e. The quantitative estimate of drug-likeness (QED) is 0.642. The molecule has 142 valence electrons. The normalized spacial score (nSPS) is 18.5. The molecule has 2 atom stereocenters. The Hall–Kier alpha value is -2.26. The second-order valence-corrected chi connectivity index (χ2v) is 7.55. The van der Waals surface area contributed by atoms with Gasteiger partial charge in [-0.25, -0.2) is 0 Å². The maximum Gasteiger partial charge on any atom is 0.119 e. The van der Waals surface area contributed by atoms with Gasteiger partial charge in [-0.3, -0.25) is 0 Å². The molecule has 1 fully saturated rings. The van der Waals surface area contributed by atoms with Crippen molar-refractivity contribution < 1.29 is 4.74 Å². The minimum Gasteiger partial charge on any atom is -0.490 e. The van der Waals surface area contributed by atoms with Gasteiger partial charge in [0.05, 0.1) is 0 Å². The highest BCUT2D eigenvalue weighted by molar-refractivity contribution is 5.74. The van der Waals surface area contributed by atoms with Crippen molar-refractivity contribution in [2.24, 2.45) is 5.92 Å². The first kappa shape index (κ1) is 18.1. The topological polar surface area (TPSA) is 25.7 Å². The summed E-state index contributed by atoms with van der Waals surface area (Å²) in [7, 11) is 0. The Morgan fingerprint density at radius 3 is 2.70 bits per heavy atom. The number of ether oxygens (including phenoxy) is 1. The summed E-state index contributed by atoms with van der Waals surface area (Å²) in [6.07, 6.45) is 7.04. The molecular formula is C24H30N2O. The third-order valence-electron chi connectivity index (χ3n) is 5.84. The van der Waals surface area contributed by atoms with Crippen molar-refractivity contribution in [3.05, 3.63) is 60.4 Å². The van der Waals surface area contributed by atoms with E-state index >= 15 is 0 Å². The molecule has 1 aliphatic heterocycles. The Bertz CT molecular complexity index is 875. The highest BCUT2D eigenvalue weighted by Gasteiger charge is 2.23. The van der Waals surface area contributed by atoms with E-state index in [4.69, 9.17) is 4.74 Å². The molecule has 3 aromatic rings. The number of hydrogen-bond acceptors (Lipinski definition) is 2. The molecule has 0 aliphatic carbocycles. The van der Waals surface area contributed by atoms with Crippen molar-refractivity contribution >= 4 is 5.52 Å². The minimum absolute atomic E-state index is 0.298. The van der Waals surface area contributed by atoms with Crippen molar-refractivity contribution in [2.75, 3.05) is 13.1 Å².